The molecular weight excluding hydrogens is 261 g/mol. The van der Waals surface area contributed by atoms with Crippen LogP contribution in [0.4, 0.5) is 0 Å². The fraction of sp³-hybridized carbons (Fsp3) is 0.417. The van der Waals surface area contributed by atoms with Crippen molar-refractivity contribution in [1.82, 2.24) is 5.06 Å². The van der Waals surface area contributed by atoms with Crippen LogP contribution in [-0.2, 0) is 16.1 Å². The Kier molecular flexibility index (Phi) is 3.61. The number of amides is 1. The van der Waals surface area contributed by atoms with Gasteiger partial charge in [0.2, 0.25) is 4.33 Å². The maximum Gasteiger partial charge on any atom is 0.282 e. The summed E-state index contributed by atoms with van der Waals surface area (Å²) in [6.07, 6.45) is 0.795. The first-order chi connectivity index (χ1) is 7.99. The molecule has 0 saturated carbocycles. The van der Waals surface area contributed by atoms with Crippen LogP contribution >= 0.6 is 23.2 Å². The van der Waals surface area contributed by atoms with Crippen molar-refractivity contribution in [2.75, 3.05) is 7.05 Å². The molecule has 92 valence electrons. The van der Waals surface area contributed by atoms with Crippen molar-refractivity contribution in [1.29, 1.82) is 0 Å². The van der Waals surface area contributed by atoms with Gasteiger partial charge in [-0.2, -0.15) is 0 Å². The highest BCUT2D eigenvalue weighted by Gasteiger charge is 2.44. The van der Waals surface area contributed by atoms with Gasteiger partial charge in [-0.25, -0.2) is 5.06 Å². The molecule has 0 spiro atoms. The Labute approximate surface area is 110 Å². The summed E-state index contributed by atoms with van der Waals surface area (Å²) < 4.78 is -1.38. The predicted molar refractivity (Wildman–Crippen MR) is 66.8 cm³/mol. The number of hydrogen-bond acceptors (Lipinski definition) is 2. The van der Waals surface area contributed by atoms with E-state index >= 15 is 0 Å². The fourth-order valence-electron chi connectivity index (χ4n) is 1.90. The van der Waals surface area contributed by atoms with Crippen LogP contribution < -0.4 is 0 Å². The van der Waals surface area contributed by atoms with E-state index in [0.717, 1.165) is 10.6 Å². The van der Waals surface area contributed by atoms with E-state index in [1.807, 2.05) is 30.3 Å². The molecule has 1 aromatic rings. The molecule has 2 rings (SSSR count). The van der Waals surface area contributed by atoms with E-state index in [9.17, 15) is 4.79 Å². The second kappa shape index (κ2) is 4.84. The Hall–Kier alpha value is -0.770. The molecule has 1 aliphatic heterocycles. The van der Waals surface area contributed by atoms with E-state index < -0.39 is 10.2 Å². The molecule has 0 unspecified atom stereocenters. The third kappa shape index (κ3) is 2.92. The number of rotatable bonds is 2. The van der Waals surface area contributed by atoms with Crippen molar-refractivity contribution in [3.63, 3.8) is 0 Å². The van der Waals surface area contributed by atoms with Crippen LogP contribution in [0.15, 0.2) is 30.3 Å². The van der Waals surface area contributed by atoms with Crippen molar-refractivity contribution < 1.29 is 9.63 Å². The van der Waals surface area contributed by atoms with Crippen LogP contribution in [0.3, 0.4) is 0 Å². The molecule has 0 radical (unpaired) electrons. The zero-order valence-electron chi connectivity index (χ0n) is 9.40. The first-order valence-corrected chi connectivity index (χ1v) is 6.11. The van der Waals surface area contributed by atoms with Crippen molar-refractivity contribution >= 4 is 29.1 Å². The Bertz CT molecular complexity index is 408. The molecule has 5 heteroatoms. The smallest absolute Gasteiger partial charge is 0.269 e. The third-order valence-electron chi connectivity index (χ3n) is 2.70. The zero-order chi connectivity index (χ0) is 12.5. The summed E-state index contributed by atoms with van der Waals surface area (Å²) >= 11 is 11.9. The quantitative estimate of drug-likeness (QED) is 0.776. The summed E-state index contributed by atoms with van der Waals surface area (Å²) in [5, 5.41) is 1.12. The Morgan fingerprint density at radius 2 is 2.06 bits per heavy atom. The molecule has 1 aromatic carbocycles. The molecule has 1 atom stereocenters. The lowest BCUT2D eigenvalue weighted by Gasteiger charge is -2.36. The molecule has 1 amide bonds. The largest absolute Gasteiger partial charge is 0.282 e. The van der Waals surface area contributed by atoms with Crippen LogP contribution in [0.25, 0.3) is 0 Å². The number of benzene rings is 1. The van der Waals surface area contributed by atoms with E-state index in [4.69, 9.17) is 28.0 Å². The predicted octanol–water partition coefficient (Wildman–Crippen LogP) is 2.57. The van der Waals surface area contributed by atoms with E-state index in [2.05, 4.69) is 0 Å². The maximum absolute atomic E-state index is 11.6. The van der Waals surface area contributed by atoms with Gasteiger partial charge in [-0.05, 0) is 5.56 Å². The Balaban J connectivity index is 2.06. The lowest BCUT2D eigenvalue weighted by Crippen LogP contribution is -2.50. The van der Waals surface area contributed by atoms with Crippen molar-refractivity contribution in [2.24, 2.45) is 0 Å². The molecule has 1 heterocycles. The molecule has 0 bridgehead atoms. The number of carbonyl (C=O) groups excluding carboxylic acids is 1. The topological polar surface area (TPSA) is 29.5 Å². The highest BCUT2D eigenvalue weighted by Crippen LogP contribution is 2.35. The molecule has 0 aliphatic carbocycles. The lowest BCUT2D eigenvalue weighted by molar-refractivity contribution is -0.213. The van der Waals surface area contributed by atoms with Gasteiger partial charge in [0.25, 0.3) is 5.91 Å². The summed E-state index contributed by atoms with van der Waals surface area (Å²) in [6.45, 7) is 0. The molecule has 1 aliphatic rings. The minimum atomic E-state index is -1.38. The number of carbonyl (C=O) groups is 1. The first-order valence-electron chi connectivity index (χ1n) is 5.36. The van der Waals surface area contributed by atoms with Crippen LogP contribution in [0, 0.1) is 0 Å². The van der Waals surface area contributed by atoms with Crippen molar-refractivity contribution in [3.8, 4) is 0 Å². The summed E-state index contributed by atoms with van der Waals surface area (Å²) in [7, 11) is 1.53. The van der Waals surface area contributed by atoms with E-state index in [-0.39, 0.29) is 6.10 Å². The Morgan fingerprint density at radius 1 is 1.41 bits per heavy atom. The number of nitrogens with zero attached hydrogens (tertiary/aromatic N) is 1. The second-order valence-corrected chi connectivity index (χ2v) is 5.61. The van der Waals surface area contributed by atoms with Crippen LogP contribution in [0.1, 0.15) is 12.0 Å². The van der Waals surface area contributed by atoms with Crippen LogP contribution in [-0.4, -0.2) is 28.5 Å². The van der Waals surface area contributed by atoms with Gasteiger partial charge < -0.3 is 0 Å². The molecule has 1 saturated heterocycles. The van der Waals surface area contributed by atoms with Gasteiger partial charge in [-0.3, -0.25) is 9.63 Å². The summed E-state index contributed by atoms with van der Waals surface area (Å²) in [6, 6.07) is 9.88. The third-order valence-corrected chi connectivity index (χ3v) is 3.33. The molecule has 3 nitrogen and oxygen atoms in total. The number of hydrogen-bond donors (Lipinski definition) is 0. The number of alkyl halides is 2. The normalized spacial score (nSPS) is 23.8. The van der Waals surface area contributed by atoms with Crippen molar-refractivity contribution in [2.45, 2.75) is 23.3 Å². The maximum atomic E-state index is 11.6. The number of hydroxylamine groups is 2. The fourth-order valence-corrected chi connectivity index (χ4v) is 2.48. The summed E-state index contributed by atoms with van der Waals surface area (Å²) in [4.78, 5) is 17.0. The average Bonchev–Trinajstić information content (AvgIpc) is 2.27. The Morgan fingerprint density at radius 3 is 2.65 bits per heavy atom. The van der Waals surface area contributed by atoms with Gasteiger partial charge in [0.05, 0.1) is 6.10 Å². The highest BCUT2D eigenvalue weighted by atomic mass is 35.5. The molecule has 1 fully saturated rings. The van der Waals surface area contributed by atoms with Gasteiger partial charge >= 0.3 is 0 Å². The monoisotopic (exact) mass is 273 g/mol. The zero-order valence-corrected chi connectivity index (χ0v) is 10.9. The van der Waals surface area contributed by atoms with Crippen LogP contribution in [0.2, 0.25) is 0 Å². The molecule has 0 aromatic heterocycles. The minimum Gasteiger partial charge on any atom is -0.269 e. The first kappa shape index (κ1) is 12.7. The highest BCUT2D eigenvalue weighted by molar-refractivity contribution is 6.58. The molecule has 17 heavy (non-hydrogen) atoms. The van der Waals surface area contributed by atoms with Gasteiger partial charge in [-0.15, -0.1) is 0 Å². The standard InChI is InChI=1S/C12H13Cl2NO2/c1-15-11(16)12(13,14)8-10(17-15)7-9-5-3-2-4-6-9/h2-6,10H,7-8H2,1H3/t10-/m0/s1. The van der Waals surface area contributed by atoms with Gasteiger partial charge in [0, 0.05) is 19.9 Å². The van der Waals surface area contributed by atoms with E-state index in [1.165, 1.54) is 7.05 Å². The van der Waals surface area contributed by atoms with Crippen molar-refractivity contribution in [3.05, 3.63) is 35.9 Å². The lowest BCUT2D eigenvalue weighted by atomic mass is 10.0. The second-order valence-electron chi connectivity index (χ2n) is 4.13. The average molecular weight is 274 g/mol. The summed E-state index contributed by atoms with van der Waals surface area (Å²) in [5.41, 5.74) is 1.13. The van der Waals surface area contributed by atoms with E-state index in [1.54, 1.807) is 0 Å². The van der Waals surface area contributed by atoms with Crippen LogP contribution in [0.5, 0.6) is 0 Å². The SMILES string of the molecule is CN1O[C@@H](Cc2ccccc2)CC(Cl)(Cl)C1=O. The molecule has 0 N–H and O–H groups in total. The van der Waals surface area contributed by atoms with Gasteiger partial charge in [0.15, 0.2) is 0 Å². The number of halogens is 2. The van der Waals surface area contributed by atoms with E-state index in [0.29, 0.717) is 12.8 Å². The molecular formula is C12H13Cl2NO2. The van der Waals surface area contributed by atoms with Gasteiger partial charge in [-0.1, -0.05) is 53.5 Å². The summed E-state index contributed by atoms with van der Waals surface area (Å²) in [5.74, 6) is -0.412. The van der Waals surface area contributed by atoms with Gasteiger partial charge in [0.1, 0.15) is 0 Å². The minimum absolute atomic E-state index is 0.185.